The van der Waals surface area contributed by atoms with Gasteiger partial charge in [0.05, 0.1) is 25.6 Å². The molecule has 6 heteroatoms. The number of methoxy groups -OCH3 is 1. The molecule has 3 aliphatic rings. The number of nitrogens with two attached hydrogens (primary N) is 1. The van der Waals surface area contributed by atoms with Crippen molar-refractivity contribution in [1.82, 2.24) is 5.32 Å². The van der Waals surface area contributed by atoms with Crippen molar-refractivity contribution in [1.29, 1.82) is 0 Å². The van der Waals surface area contributed by atoms with Gasteiger partial charge in [-0.2, -0.15) is 0 Å². The summed E-state index contributed by atoms with van der Waals surface area (Å²) >= 11 is 0. The topological polar surface area (TPSA) is 102 Å². The van der Waals surface area contributed by atoms with Gasteiger partial charge in [-0.1, -0.05) is 74.4 Å². The highest BCUT2D eigenvalue weighted by atomic mass is 16.5. The van der Waals surface area contributed by atoms with Gasteiger partial charge in [0.25, 0.3) is 0 Å². The number of carbonyl (C=O) groups is 2. The van der Waals surface area contributed by atoms with Crippen molar-refractivity contribution in [2.75, 3.05) is 7.11 Å². The summed E-state index contributed by atoms with van der Waals surface area (Å²) in [6.45, 7) is 2.21. The molecule has 1 aliphatic heterocycles. The predicted molar refractivity (Wildman–Crippen MR) is 174 cm³/mol. The van der Waals surface area contributed by atoms with Gasteiger partial charge in [-0.15, -0.1) is 0 Å². The number of unbranched alkanes of at least 4 members (excludes halogenated alkanes) is 1. The second-order valence-corrected chi connectivity index (χ2v) is 12.8. The molecule has 0 saturated heterocycles. The Morgan fingerprint density at radius 3 is 2.59 bits per heavy atom. The maximum absolute atomic E-state index is 13.9. The number of ketones is 2. The highest BCUT2D eigenvalue weighted by Gasteiger charge is 2.37. The monoisotopic (exact) mass is 594 g/mol. The molecular formula is C38H46N2O4. The lowest BCUT2D eigenvalue weighted by molar-refractivity contribution is -0.130. The molecule has 1 saturated carbocycles. The van der Waals surface area contributed by atoms with Crippen molar-refractivity contribution < 1.29 is 19.4 Å². The average molecular weight is 595 g/mol. The lowest BCUT2D eigenvalue weighted by Gasteiger charge is -2.24. The number of dihydropyridines is 1. The van der Waals surface area contributed by atoms with Crippen molar-refractivity contribution in [2.45, 2.75) is 83.2 Å². The van der Waals surface area contributed by atoms with Crippen LogP contribution in [0.25, 0.3) is 0 Å². The van der Waals surface area contributed by atoms with E-state index < -0.39 is 0 Å². The molecule has 4 N–H and O–H groups in total. The molecule has 2 aromatic rings. The van der Waals surface area contributed by atoms with Crippen molar-refractivity contribution in [3.05, 3.63) is 83.1 Å². The minimum absolute atomic E-state index is 0.0395. The van der Waals surface area contributed by atoms with E-state index in [9.17, 15) is 14.7 Å². The number of hydrogen-bond acceptors (Lipinski definition) is 6. The van der Waals surface area contributed by atoms with Gasteiger partial charge in [-0.25, -0.2) is 0 Å². The number of allylic oxidation sites excluding steroid dienone is 2. The Kier molecular flexibility index (Phi) is 10.6. The lowest BCUT2D eigenvalue weighted by atomic mass is 9.78. The fourth-order valence-corrected chi connectivity index (χ4v) is 7.26. The normalized spacial score (nSPS) is 27.2. The van der Waals surface area contributed by atoms with E-state index in [0.29, 0.717) is 24.0 Å². The van der Waals surface area contributed by atoms with E-state index in [1.54, 1.807) is 6.07 Å². The Morgan fingerprint density at radius 2 is 1.86 bits per heavy atom. The first-order chi connectivity index (χ1) is 21.3. The minimum atomic E-state index is -0.319. The molecule has 6 atom stereocenters. The van der Waals surface area contributed by atoms with E-state index in [2.05, 4.69) is 42.3 Å². The third-order valence-corrected chi connectivity index (χ3v) is 9.55. The number of phenolic OH excluding ortho intramolecular Hbond substituents is 1. The highest BCUT2D eigenvalue weighted by Crippen LogP contribution is 2.42. The molecule has 2 aliphatic carbocycles. The molecular weight excluding hydrogens is 548 g/mol. The number of Topliss-reactive ketones (excluding diaryl/α,β-unsaturated/α-hetero) is 2. The summed E-state index contributed by atoms with van der Waals surface area (Å²) in [5, 5.41) is 14.1. The zero-order valence-corrected chi connectivity index (χ0v) is 26.1. The highest BCUT2D eigenvalue weighted by molar-refractivity contribution is 6.00. The first-order valence-electron chi connectivity index (χ1n) is 16.2. The van der Waals surface area contributed by atoms with Crippen LogP contribution in [-0.4, -0.2) is 29.9 Å². The predicted octanol–water partition coefficient (Wildman–Crippen LogP) is 6.57. The first kappa shape index (κ1) is 31.6. The molecule has 232 valence electrons. The minimum Gasteiger partial charge on any atom is -0.504 e. The largest absolute Gasteiger partial charge is 0.504 e. The summed E-state index contributed by atoms with van der Waals surface area (Å²) in [4.78, 5) is 27.2. The number of nitrogens with one attached hydrogen (secondary N) is 1. The maximum atomic E-state index is 13.9. The Hall–Kier alpha value is -3.82. The standard InChI is InChI=1S/C38H46N2O4/c1-3-4-8-25-17-27(18-26-11-16-38(39)40-24-26)19-29-13-15-32(28-9-6-5-7-10-28)33-23-36(43)37(44-2)21-30(33)12-14-31(41)22-35(42)34(29)20-25/h5-7,9-11,16,21,23-25,27,29,32,34,38,40,43H,3-4,8,12,14,17-20,22,39H2,1-2H3. The molecule has 0 amide bonds. The average Bonchev–Trinajstić information content (AvgIpc) is 3.19. The zero-order valence-electron chi connectivity index (χ0n) is 26.1. The number of aryl methyl sites for hydroxylation is 1. The Bertz CT molecular complexity index is 1450. The molecule has 6 unspecified atom stereocenters. The summed E-state index contributed by atoms with van der Waals surface area (Å²) in [6.07, 6.45) is 13.5. The summed E-state index contributed by atoms with van der Waals surface area (Å²) in [5.41, 5.74) is 10.0. The molecule has 44 heavy (non-hydrogen) atoms. The molecule has 0 spiro atoms. The van der Waals surface area contributed by atoms with Crippen LogP contribution in [0.3, 0.4) is 0 Å². The molecule has 1 fully saturated rings. The van der Waals surface area contributed by atoms with Crippen LogP contribution in [0.15, 0.2) is 66.4 Å². The van der Waals surface area contributed by atoms with Crippen molar-refractivity contribution >= 4 is 11.6 Å². The number of aromatic hydroxyl groups is 1. The zero-order chi connectivity index (χ0) is 31.1. The Morgan fingerprint density at radius 1 is 1.05 bits per heavy atom. The van der Waals surface area contributed by atoms with Crippen LogP contribution in [0.2, 0.25) is 0 Å². The van der Waals surface area contributed by atoms with Gasteiger partial charge in [0, 0.05) is 24.5 Å². The number of phenols is 1. The Labute approximate surface area is 262 Å². The van der Waals surface area contributed by atoms with E-state index in [1.807, 2.05) is 36.5 Å². The fraction of sp³-hybridized carbons (Fsp3) is 0.474. The molecule has 1 heterocycles. The molecule has 6 nitrogen and oxygen atoms in total. The smallest absolute Gasteiger partial charge is 0.160 e. The number of rotatable bonds is 7. The van der Waals surface area contributed by atoms with Crippen LogP contribution in [0.5, 0.6) is 11.5 Å². The van der Waals surface area contributed by atoms with Crippen molar-refractivity contribution in [3.63, 3.8) is 0 Å². The third kappa shape index (κ3) is 7.81. The van der Waals surface area contributed by atoms with Crippen LogP contribution in [0, 0.1) is 35.5 Å². The van der Waals surface area contributed by atoms with Gasteiger partial charge < -0.3 is 20.9 Å². The van der Waals surface area contributed by atoms with E-state index >= 15 is 0 Å². The van der Waals surface area contributed by atoms with Gasteiger partial charge in [-0.3, -0.25) is 9.59 Å². The summed E-state index contributed by atoms with van der Waals surface area (Å²) < 4.78 is 5.43. The van der Waals surface area contributed by atoms with Gasteiger partial charge in [0.15, 0.2) is 11.5 Å². The third-order valence-electron chi connectivity index (χ3n) is 9.55. The van der Waals surface area contributed by atoms with Gasteiger partial charge in [0.1, 0.15) is 11.6 Å². The van der Waals surface area contributed by atoms with Crippen LogP contribution >= 0.6 is 0 Å². The number of hydrogen-bond donors (Lipinski definition) is 3. The van der Waals surface area contributed by atoms with E-state index in [1.165, 1.54) is 12.7 Å². The second-order valence-electron chi connectivity index (χ2n) is 12.8. The first-order valence-corrected chi connectivity index (χ1v) is 16.2. The van der Waals surface area contributed by atoms with E-state index in [4.69, 9.17) is 10.5 Å². The number of benzene rings is 2. The number of ether oxygens (including phenoxy) is 1. The van der Waals surface area contributed by atoms with Gasteiger partial charge in [0.2, 0.25) is 0 Å². The molecule has 0 aromatic heterocycles. The molecule has 5 rings (SSSR count). The van der Waals surface area contributed by atoms with Crippen LogP contribution in [0.4, 0.5) is 0 Å². The van der Waals surface area contributed by atoms with Crippen LogP contribution in [0.1, 0.15) is 87.3 Å². The van der Waals surface area contributed by atoms with Crippen molar-refractivity contribution in [2.24, 2.45) is 29.4 Å². The molecule has 0 bridgehead atoms. The summed E-state index contributed by atoms with van der Waals surface area (Å²) in [7, 11) is 1.52. The lowest BCUT2D eigenvalue weighted by Crippen LogP contribution is -2.33. The second kappa shape index (κ2) is 14.8. The molecule has 0 radical (unpaired) electrons. The van der Waals surface area contributed by atoms with E-state index in [0.717, 1.165) is 61.6 Å². The van der Waals surface area contributed by atoms with Gasteiger partial charge in [-0.05, 0) is 84.4 Å². The van der Waals surface area contributed by atoms with E-state index in [-0.39, 0.29) is 54.1 Å². The SMILES string of the molecule is CCCCC1CC(CC2=CNC(N)C=C2)CC2C#CC(c3ccccc3)c3cc(O)c(OC)cc3CCC(=O)CC(=O)C2C1. The summed E-state index contributed by atoms with van der Waals surface area (Å²) in [5.74, 6) is 7.73. The molecule has 2 aromatic carbocycles. The van der Waals surface area contributed by atoms with Crippen molar-refractivity contribution in [3.8, 4) is 23.3 Å². The fourth-order valence-electron chi connectivity index (χ4n) is 7.26. The van der Waals surface area contributed by atoms with Crippen LogP contribution in [-0.2, 0) is 16.0 Å². The quantitative estimate of drug-likeness (QED) is 0.248. The Balaban J connectivity index is 1.59. The summed E-state index contributed by atoms with van der Waals surface area (Å²) in [6, 6.07) is 13.6. The maximum Gasteiger partial charge on any atom is 0.160 e. The van der Waals surface area contributed by atoms with Crippen LogP contribution < -0.4 is 15.8 Å². The number of fused-ring (bicyclic) bond motifs is 2. The van der Waals surface area contributed by atoms with Gasteiger partial charge >= 0.3 is 0 Å². The number of carbonyl (C=O) groups excluding carboxylic acids is 2.